The highest BCUT2D eigenvalue weighted by Gasteiger charge is 2.29. The van der Waals surface area contributed by atoms with E-state index in [4.69, 9.17) is 14.2 Å². The fourth-order valence-corrected chi connectivity index (χ4v) is 3.05. The summed E-state index contributed by atoms with van der Waals surface area (Å²) in [5, 5.41) is 6.52. The zero-order valence-corrected chi connectivity index (χ0v) is 15.7. The van der Waals surface area contributed by atoms with E-state index in [2.05, 4.69) is 24.5 Å². The van der Waals surface area contributed by atoms with Gasteiger partial charge in [0.25, 0.3) is 5.91 Å². The summed E-state index contributed by atoms with van der Waals surface area (Å²) in [6.07, 6.45) is 1.05. The van der Waals surface area contributed by atoms with E-state index in [9.17, 15) is 4.79 Å². The van der Waals surface area contributed by atoms with Crippen molar-refractivity contribution in [2.24, 2.45) is 5.92 Å². The second kappa shape index (κ2) is 8.99. The summed E-state index contributed by atoms with van der Waals surface area (Å²) < 4.78 is 15.9. The molecule has 1 aliphatic heterocycles. The van der Waals surface area contributed by atoms with Crippen molar-refractivity contribution < 1.29 is 19.0 Å². The highest BCUT2D eigenvalue weighted by molar-refractivity contribution is 5.96. The summed E-state index contributed by atoms with van der Waals surface area (Å²) >= 11 is 0. The van der Waals surface area contributed by atoms with Crippen LogP contribution < -0.4 is 24.8 Å². The van der Waals surface area contributed by atoms with Crippen LogP contribution in [0.1, 0.15) is 30.6 Å². The first-order valence-electron chi connectivity index (χ1n) is 7.86. The molecule has 136 valence electrons. The number of hydrogen-bond acceptors (Lipinski definition) is 5. The van der Waals surface area contributed by atoms with E-state index < -0.39 is 0 Å². The van der Waals surface area contributed by atoms with Crippen molar-refractivity contribution in [2.75, 3.05) is 27.9 Å². The molecule has 3 unspecified atom stereocenters. The fourth-order valence-electron chi connectivity index (χ4n) is 3.05. The SMILES string of the molecule is COc1cc(C(=O)NC2C(C)CCNC2C)cc(OC)c1OC.Cl. The van der Waals surface area contributed by atoms with Gasteiger partial charge in [-0.25, -0.2) is 0 Å². The quantitative estimate of drug-likeness (QED) is 0.845. The van der Waals surface area contributed by atoms with E-state index in [-0.39, 0.29) is 30.4 Å². The Hall–Kier alpha value is -1.66. The van der Waals surface area contributed by atoms with E-state index in [1.54, 1.807) is 12.1 Å². The van der Waals surface area contributed by atoms with Crippen LogP contribution in [0.15, 0.2) is 12.1 Å². The molecule has 0 spiro atoms. The van der Waals surface area contributed by atoms with Crippen LogP contribution in [-0.2, 0) is 0 Å². The molecule has 2 N–H and O–H groups in total. The zero-order valence-electron chi connectivity index (χ0n) is 14.8. The highest BCUT2D eigenvalue weighted by Crippen LogP contribution is 2.38. The zero-order chi connectivity index (χ0) is 17.0. The lowest BCUT2D eigenvalue weighted by atomic mass is 9.89. The largest absolute Gasteiger partial charge is 0.493 e. The minimum absolute atomic E-state index is 0. The Morgan fingerprint density at radius 2 is 1.71 bits per heavy atom. The lowest BCUT2D eigenvalue weighted by molar-refractivity contribution is 0.0897. The first-order chi connectivity index (χ1) is 11.0. The number of rotatable bonds is 5. The predicted molar refractivity (Wildman–Crippen MR) is 95.8 cm³/mol. The minimum Gasteiger partial charge on any atom is -0.493 e. The molecule has 2 rings (SSSR count). The van der Waals surface area contributed by atoms with Gasteiger partial charge < -0.3 is 24.8 Å². The highest BCUT2D eigenvalue weighted by atomic mass is 35.5. The summed E-state index contributed by atoms with van der Waals surface area (Å²) in [5.74, 6) is 1.71. The molecule has 1 aromatic rings. The summed E-state index contributed by atoms with van der Waals surface area (Å²) in [4.78, 5) is 12.6. The van der Waals surface area contributed by atoms with E-state index in [1.165, 1.54) is 21.3 Å². The van der Waals surface area contributed by atoms with Crippen molar-refractivity contribution in [1.29, 1.82) is 0 Å². The number of piperidine rings is 1. The number of amides is 1. The molecule has 1 amide bonds. The molecule has 0 bridgehead atoms. The Morgan fingerprint density at radius 3 is 2.17 bits per heavy atom. The molecule has 6 nitrogen and oxygen atoms in total. The molecule has 24 heavy (non-hydrogen) atoms. The number of nitrogens with one attached hydrogen (secondary N) is 2. The minimum atomic E-state index is -0.142. The first-order valence-corrected chi connectivity index (χ1v) is 7.86. The van der Waals surface area contributed by atoms with Gasteiger partial charge in [0, 0.05) is 17.6 Å². The molecule has 0 aromatic heterocycles. The molecule has 1 heterocycles. The standard InChI is InChI=1S/C17H26N2O4.ClH/c1-10-6-7-18-11(2)15(10)19-17(20)12-8-13(21-3)16(23-5)14(9-12)22-4;/h8-11,15,18H,6-7H2,1-5H3,(H,19,20);1H. The molecule has 3 atom stereocenters. The maximum absolute atomic E-state index is 12.6. The lowest BCUT2D eigenvalue weighted by Gasteiger charge is -2.36. The molecule has 0 aliphatic carbocycles. The monoisotopic (exact) mass is 358 g/mol. The third kappa shape index (κ3) is 4.24. The van der Waals surface area contributed by atoms with Gasteiger partial charge in [-0.05, 0) is 37.9 Å². The Morgan fingerprint density at radius 1 is 1.12 bits per heavy atom. The Balaban J connectivity index is 0.00000288. The molecular formula is C17H27ClN2O4. The van der Waals surface area contributed by atoms with Crippen LogP contribution in [0.5, 0.6) is 17.2 Å². The van der Waals surface area contributed by atoms with Crippen molar-refractivity contribution in [1.82, 2.24) is 10.6 Å². The topological polar surface area (TPSA) is 68.8 Å². The van der Waals surface area contributed by atoms with Gasteiger partial charge in [-0.3, -0.25) is 4.79 Å². The Bertz CT molecular complexity index is 533. The van der Waals surface area contributed by atoms with Crippen LogP contribution in [0.3, 0.4) is 0 Å². The van der Waals surface area contributed by atoms with Gasteiger partial charge in [-0.1, -0.05) is 6.92 Å². The van der Waals surface area contributed by atoms with Gasteiger partial charge in [0.2, 0.25) is 5.75 Å². The van der Waals surface area contributed by atoms with Crippen LogP contribution in [0.4, 0.5) is 0 Å². The molecule has 1 fully saturated rings. The molecule has 0 radical (unpaired) electrons. The van der Waals surface area contributed by atoms with E-state index in [0.717, 1.165) is 13.0 Å². The fraction of sp³-hybridized carbons (Fsp3) is 0.588. The molecule has 1 aromatic carbocycles. The average Bonchev–Trinajstić information content (AvgIpc) is 2.56. The predicted octanol–water partition coefficient (Wildman–Crippen LogP) is 2.25. The summed E-state index contributed by atoms with van der Waals surface area (Å²) in [5.41, 5.74) is 0.490. The maximum Gasteiger partial charge on any atom is 0.251 e. The average molecular weight is 359 g/mol. The number of benzene rings is 1. The van der Waals surface area contributed by atoms with Crippen LogP contribution in [0.25, 0.3) is 0 Å². The first kappa shape index (κ1) is 20.4. The van der Waals surface area contributed by atoms with Crippen LogP contribution in [0, 0.1) is 5.92 Å². The van der Waals surface area contributed by atoms with Gasteiger partial charge in [0.15, 0.2) is 11.5 Å². The molecule has 7 heteroatoms. The second-order valence-corrected chi connectivity index (χ2v) is 5.92. The number of hydrogen-bond donors (Lipinski definition) is 2. The number of ether oxygens (including phenoxy) is 3. The Labute approximate surface area is 149 Å². The third-order valence-corrected chi connectivity index (χ3v) is 4.44. The van der Waals surface area contributed by atoms with E-state index in [0.29, 0.717) is 28.7 Å². The van der Waals surface area contributed by atoms with Crippen molar-refractivity contribution in [2.45, 2.75) is 32.4 Å². The molecule has 1 aliphatic rings. The number of carbonyl (C=O) groups is 1. The van der Waals surface area contributed by atoms with Crippen molar-refractivity contribution in [3.8, 4) is 17.2 Å². The van der Waals surface area contributed by atoms with Crippen LogP contribution in [-0.4, -0.2) is 45.9 Å². The number of halogens is 1. The van der Waals surface area contributed by atoms with Crippen LogP contribution in [0.2, 0.25) is 0 Å². The number of carbonyl (C=O) groups excluding carboxylic acids is 1. The molecule has 1 saturated heterocycles. The smallest absolute Gasteiger partial charge is 0.251 e. The van der Waals surface area contributed by atoms with Gasteiger partial charge in [0.05, 0.1) is 21.3 Å². The Kier molecular flexibility index (Phi) is 7.63. The van der Waals surface area contributed by atoms with E-state index >= 15 is 0 Å². The van der Waals surface area contributed by atoms with Crippen LogP contribution >= 0.6 is 12.4 Å². The summed E-state index contributed by atoms with van der Waals surface area (Å²) in [7, 11) is 4.61. The van der Waals surface area contributed by atoms with E-state index in [1.807, 2.05) is 0 Å². The molecular weight excluding hydrogens is 332 g/mol. The third-order valence-electron chi connectivity index (χ3n) is 4.44. The normalized spacial score (nSPS) is 23.0. The van der Waals surface area contributed by atoms with Gasteiger partial charge in [-0.15, -0.1) is 12.4 Å². The van der Waals surface area contributed by atoms with Crippen molar-refractivity contribution >= 4 is 18.3 Å². The molecule has 0 saturated carbocycles. The number of methoxy groups -OCH3 is 3. The second-order valence-electron chi connectivity index (χ2n) is 5.92. The van der Waals surface area contributed by atoms with Gasteiger partial charge >= 0.3 is 0 Å². The van der Waals surface area contributed by atoms with Crippen molar-refractivity contribution in [3.05, 3.63) is 17.7 Å². The maximum atomic E-state index is 12.6. The summed E-state index contributed by atoms with van der Waals surface area (Å²) in [6, 6.07) is 3.67. The summed E-state index contributed by atoms with van der Waals surface area (Å²) in [6.45, 7) is 5.24. The van der Waals surface area contributed by atoms with Crippen molar-refractivity contribution in [3.63, 3.8) is 0 Å². The lowest BCUT2D eigenvalue weighted by Crippen LogP contribution is -2.55. The van der Waals surface area contributed by atoms with Gasteiger partial charge in [-0.2, -0.15) is 0 Å². The van der Waals surface area contributed by atoms with Gasteiger partial charge in [0.1, 0.15) is 0 Å².